The lowest BCUT2D eigenvalue weighted by molar-refractivity contribution is 0.482. The normalized spacial score (nSPS) is 14.8. The molecular weight excluding hydrogens is 378 g/mol. The third-order valence-electron chi connectivity index (χ3n) is 5.31. The van der Waals surface area contributed by atoms with Crippen molar-refractivity contribution in [1.82, 2.24) is 0 Å². The van der Waals surface area contributed by atoms with Gasteiger partial charge in [0.25, 0.3) is 0 Å². The number of para-hydroxylation sites is 1. The molecule has 1 aliphatic rings. The third kappa shape index (κ3) is 5.08. The van der Waals surface area contributed by atoms with Gasteiger partial charge in [-0.25, -0.2) is 0 Å². The Bertz CT molecular complexity index is 1030. The molecule has 1 fully saturated rings. The van der Waals surface area contributed by atoms with Crippen molar-refractivity contribution in [3.05, 3.63) is 101 Å². The molecule has 0 bridgehead atoms. The van der Waals surface area contributed by atoms with Crippen LogP contribution in [0.3, 0.4) is 0 Å². The Balaban J connectivity index is 1.53. The zero-order valence-electron chi connectivity index (χ0n) is 16.1. The first-order valence-electron chi connectivity index (χ1n) is 9.92. The van der Waals surface area contributed by atoms with E-state index in [1.165, 1.54) is 18.4 Å². The highest BCUT2D eigenvalue weighted by Gasteiger charge is 2.31. The number of nitrogens with zero attached hydrogens (tertiary/aromatic N) is 1. The van der Waals surface area contributed by atoms with Gasteiger partial charge in [0.05, 0.1) is 11.6 Å². The molecule has 0 radical (unpaired) electrons. The van der Waals surface area contributed by atoms with Crippen molar-refractivity contribution >= 4 is 17.2 Å². The summed E-state index contributed by atoms with van der Waals surface area (Å²) in [6, 6.07) is 27.9. The molecule has 4 rings (SSSR count). The van der Waals surface area contributed by atoms with Crippen molar-refractivity contribution in [2.24, 2.45) is 5.92 Å². The molecule has 3 aromatic carbocycles. The maximum Gasteiger partial charge on any atom is 0.128 e. The van der Waals surface area contributed by atoms with Gasteiger partial charge in [-0.05, 0) is 78.6 Å². The van der Waals surface area contributed by atoms with Crippen LogP contribution in [0, 0.1) is 17.2 Å². The van der Waals surface area contributed by atoms with E-state index >= 15 is 0 Å². The van der Waals surface area contributed by atoms with E-state index in [9.17, 15) is 5.26 Å². The van der Waals surface area contributed by atoms with Gasteiger partial charge in [-0.3, -0.25) is 0 Å². The van der Waals surface area contributed by atoms with Crippen LogP contribution in [0.1, 0.15) is 36.3 Å². The lowest BCUT2D eigenvalue weighted by atomic mass is 9.89. The second-order valence-corrected chi connectivity index (χ2v) is 7.84. The van der Waals surface area contributed by atoms with E-state index in [0.717, 1.165) is 28.5 Å². The van der Waals surface area contributed by atoms with E-state index in [1.54, 1.807) is 0 Å². The highest BCUT2D eigenvalue weighted by atomic mass is 35.5. The molecular formula is C26H22ClNO. The molecule has 0 spiro atoms. The van der Waals surface area contributed by atoms with E-state index in [4.69, 9.17) is 16.3 Å². The van der Waals surface area contributed by atoms with Gasteiger partial charge in [0.1, 0.15) is 11.5 Å². The first-order chi connectivity index (χ1) is 14.2. The SMILES string of the molecule is N#C/C(=C\CC(c1ccc(Cl)cc1)C1CC1)c1cccc(Oc2ccccc2)c1. The lowest BCUT2D eigenvalue weighted by Crippen LogP contribution is -2.00. The summed E-state index contributed by atoms with van der Waals surface area (Å²) in [5.41, 5.74) is 2.86. The smallest absolute Gasteiger partial charge is 0.128 e. The van der Waals surface area contributed by atoms with Gasteiger partial charge in [-0.15, -0.1) is 0 Å². The van der Waals surface area contributed by atoms with Gasteiger partial charge in [-0.2, -0.15) is 5.26 Å². The standard InChI is InChI=1S/C26H22ClNO/c27-23-14-11-20(12-15-23)26(19-9-10-19)16-13-22(18-28)21-5-4-8-25(17-21)29-24-6-2-1-3-7-24/h1-8,11-15,17,19,26H,9-10,16H2/b22-13+. The van der Waals surface area contributed by atoms with Crippen LogP contribution in [0.4, 0.5) is 0 Å². The predicted octanol–water partition coefficient (Wildman–Crippen LogP) is 7.62. The molecule has 1 unspecified atom stereocenters. The summed E-state index contributed by atoms with van der Waals surface area (Å²) >= 11 is 6.05. The summed E-state index contributed by atoms with van der Waals surface area (Å²) in [7, 11) is 0. The molecule has 0 aromatic heterocycles. The molecule has 1 aliphatic carbocycles. The Morgan fingerprint density at radius 1 is 1.00 bits per heavy atom. The van der Waals surface area contributed by atoms with Crippen molar-refractivity contribution in [2.75, 3.05) is 0 Å². The minimum absolute atomic E-state index is 0.430. The van der Waals surface area contributed by atoms with Crippen molar-refractivity contribution in [3.8, 4) is 17.6 Å². The summed E-state index contributed by atoms with van der Waals surface area (Å²) in [6.07, 6.45) is 5.42. The molecule has 29 heavy (non-hydrogen) atoms. The molecule has 0 saturated heterocycles. The Hall–Kier alpha value is -3.02. The topological polar surface area (TPSA) is 33.0 Å². The zero-order valence-corrected chi connectivity index (χ0v) is 16.8. The molecule has 3 aromatic rings. The van der Waals surface area contributed by atoms with E-state index in [-0.39, 0.29) is 0 Å². The lowest BCUT2D eigenvalue weighted by Gasteiger charge is -2.15. The predicted molar refractivity (Wildman–Crippen MR) is 118 cm³/mol. The fraction of sp³-hybridized carbons (Fsp3) is 0.192. The van der Waals surface area contributed by atoms with Crippen molar-refractivity contribution in [3.63, 3.8) is 0 Å². The minimum atomic E-state index is 0.430. The quantitative estimate of drug-likeness (QED) is 0.382. The fourth-order valence-electron chi connectivity index (χ4n) is 3.63. The molecule has 0 N–H and O–H groups in total. The first kappa shape index (κ1) is 19.3. The van der Waals surface area contributed by atoms with E-state index in [0.29, 0.717) is 17.4 Å². The van der Waals surface area contributed by atoms with Crippen LogP contribution < -0.4 is 4.74 Å². The average Bonchev–Trinajstić information content (AvgIpc) is 3.58. The second kappa shape index (κ2) is 8.99. The van der Waals surface area contributed by atoms with Gasteiger partial charge in [0.2, 0.25) is 0 Å². The first-order valence-corrected chi connectivity index (χ1v) is 10.3. The number of ether oxygens (including phenoxy) is 1. The van der Waals surface area contributed by atoms with E-state index < -0.39 is 0 Å². The maximum absolute atomic E-state index is 9.76. The van der Waals surface area contributed by atoms with Gasteiger partial charge in [0.15, 0.2) is 0 Å². The van der Waals surface area contributed by atoms with Gasteiger partial charge >= 0.3 is 0 Å². The Morgan fingerprint density at radius 3 is 2.41 bits per heavy atom. The number of hydrogen-bond acceptors (Lipinski definition) is 2. The Kier molecular flexibility index (Phi) is 5.98. The fourth-order valence-corrected chi connectivity index (χ4v) is 3.76. The molecule has 3 heteroatoms. The average molecular weight is 400 g/mol. The van der Waals surface area contributed by atoms with Crippen LogP contribution >= 0.6 is 11.6 Å². The number of nitriles is 1. The monoisotopic (exact) mass is 399 g/mol. The highest BCUT2D eigenvalue weighted by molar-refractivity contribution is 6.30. The number of allylic oxidation sites excluding steroid dienone is 2. The summed E-state index contributed by atoms with van der Waals surface area (Å²) in [6.45, 7) is 0. The molecule has 2 nitrogen and oxygen atoms in total. The number of benzene rings is 3. The van der Waals surface area contributed by atoms with Gasteiger partial charge < -0.3 is 4.74 Å². The van der Waals surface area contributed by atoms with Crippen LogP contribution in [0.5, 0.6) is 11.5 Å². The maximum atomic E-state index is 9.76. The van der Waals surface area contributed by atoms with Crippen molar-refractivity contribution < 1.29 is 4.74 Å². The van der Waals surface area contributed by atoms with E-state index in [1.807, 2.05) is 66.7 Å². The molecule has 0 aliphatic heterocycles. The minimum Gasteiger partial charge on any atom is -0.457 e. The number of halogens is 1. The summed E-state index contributed by atoms with van der Waals surface area (Å²) in [5.74, 6) is 2.63. The van der Waals surface area contributed by atoms with Crippen LogP contribution in [0.15, 0.2) is 84.9 Å². The third-order valence-corrected chi connectivity index (χ3v) is 5.56. The van der Waals surface area contributed by atoms with Crippen LogP contribution in [-0.4, -0.2) is 0 Å². The van der Waals surface area contributed by atoms with Crippen LogP contribution in [0.2, 0.25) is 5.02 Å². The highest BCUT2D eigenvalue weighted by Crippen LogP contribution is 2.45. The second-order valence-electron chi connectivity index (χ2n) is 7.40. The van der Waals surface area contributed by atoms with Gasteiger partial charge in [-0.1, -0.05) is 60.1 Å². The van der Waals surface area contributed by atoms with Gasteiger partial charge in [0, 0.05) is 5.02 Å². The largest absolute Gasteiger partial charge is 0.457 e. The molecule has 0 heterocycles. The zero-order chi connectivity index (χ0) is 20.1. The summed E-state index contributed by atoms with van der Waals surface area (Å²) < 4.78 is 5.92. The molecule has 1 atom stereocenters. The van der Waals surface area contributed by atoms with E-state index in [2.05, 4.69) is 24.3 Å². The summed E-state index contributed by atoms with van der Waals surface area (Å²) in [5, 5.41) is 10.5. The van der Waals surface area contributed by atoms with Crippen molar-refractivity contribution in [2.45, 2.75) is 25.2 Å². The number of hydrogen-bond donors (Lipinski definition) is 0. The Morgan fingerprint density at radius 2 is 1.72 bits per heavy atom. The van der Waals surface area contributed by atoms with Crippen molar-refractivity contribution in [1.29, 1.82) is 5.26 Å². The molecule has 1 saturated carbocycles. The van der Waals surface area contributed by atoms with Crippen LogP contribution in [0.25, 0.3) is 5.57 Å². The number of rotatable bonds is 7. The Labute approximate surface area is 177 Å². The molecule has 0 amide bonds. The van der Waals surface area contributed by atoms with Crippen LogP contribution in [-0.2, 0) is 0 Å². The summed E-state index contributed by atoms with van der Waals surface area (Å²) in [4.78, 5) is 0. The molecule has 144 valence electrons.